The first-order chi connectivity index (χ1) is 11.0. The van der Waals surface area contributed by atoms with E-state index in [9.17, 15) is 18.3 Å². The van der Waals surface area contributed by atoms with E-state index in [2.05, 4.69) is 0 Å². The Bertz CT molecular complexity index is 758. The molecule has 1 N–H and O–H groups in total. The Morgan fingerprint density at radius 1 is 1.13 bits per heavy atom. The average Bonchev–Trinajstić information content (AvgIpc) is 3.13. The Morgan fingerprint density at radius 2 is 1.87 bits per heavy atom. The molecule has 0 radical (unpaired) electrons. The summed E-state index contributed by atoms with van der Waals surface area (Å²) in [4.78, 5) is 11.7. The van der Waals surface area contributed by atoms with E-state index < -0.39 is 21.9 Å². The second kappa shape index (κ2) is 5.31. The number of carbonyl (C=O) groups is 1. The van der Waals surface area contributed by atoms with E-state index in [1.165, 1.54) is 9.87 Å². The Balaban J connectivity index is 1.70. The highest BCUT2D eigenvalue weighted by molar-refractivity contribution is 7.89. The molecule has 0 amide bonds. The summed E-state index contributed by atoms with van der Waals surface area (Å²) in [5, 5.41) is 9.33. The van der Waals surface area contributed by atoms with Crippen LogP contribution in [0.15, 0.2) is 23.1 Å². The van der Waals surface area contributed by atoms with Crippen molar-refractivity contribution in [3.8, 4) is 0 Å². The molecule has 0 aromatic heterocycles. The number of aliphatic carboxylic acids is 1. The fourth-order valence-electron chi connectivity index (χ4n) is 4.57. The standard InChI is InChI=1S/C17H21NO4S/c19-17(20)15-10-13-6-8-16(15)18(13)23(21,22)14-7-5-11-3-1-2-4-12(11)9-14/h5,7,9,13,15-16H,1-4,6,8,10H2,(H,19,20). The summed E-state index contributed by atoms with van der Waals surface area (Å²) in [7, 11) is -3.60. The zero-order valence-electron chi connectivity index (χ0n) is 12.9. The van der Waals surface area contributed by atoms with Gasteiger partial charge < -0.3 is 5.11 Å². The predicted octanol–water partition coefficient (Wildman–Crippen LogP) is 2.19. The fourth-order valence-corrected chi connectivity index (χ4v) is 6.54. The Hall–Kier alpha value is -1.40. The van der Waals surface area contributed by atoms with Crippen LogP contribution in [-0.2, 0) is 27.7 Å². The minimum absolute atomic E-state index is 0.151. The third-order valence-electron chi connectivity index (χ3n) is 5.69. The van der Waals surface area contributed by atoms with Crippen molar-refractivity contribution in [2.75, 3.05) is 0 Å². The van der Waals surface area contributed by atoms with Crippen LogP contribution in [0.3, 0.4) is 0 Å². The molecular weight excluding hydrogens is 314 g/mol. The van der Waals surface area contributed by atoms with E-state index in [0.717, 1.165) is 37.7 Å². The highest BCUT2D eigenvalue weighted by Crippen LogP contribution is 2.45. The third-order valence-corrected chi connectivity index (χ3v) is 7.66. The van der Waals surface area contributed by atoms with Gasteiger partial charge in [0.05, 0.1) is 10.8 Å². The smallest absolute Gasteiger partial charge is 0.308 e. The molecule has 124 valence electrons. The van der Waals surface area contributed by atoms with Crippen LogP contribution in [0.25, 0.3) is 0 Å². The number of carboxylic acid groups (broad SMARTS) is 1. The van der Waals surface area contributed by atoms with Crippen LogP contribution in [0.4, 0.5) is 0 Å². The van der Waals surface area contributed by atoms with Crippen LogP contribution in [0.2, 0.25) is 0 Å². The summed E-state index contributed by atoms with van der Waals surface area (Å²) >= 11 is 0. The molecule has 2 heterocycles. The van der Waals surface area contributed by atoms with E-state index >= 15 is 0 Å². The highest BCUT2D eigenvalue weighted by Gasteiger charge is 2.54. The van der Waals surface area contributed by atoms with Crippen LogP contribution in [-0.4, -0.2) is 35.9 Å². The monoisotopic (exact) mass is 335 g/mol. The molecule has 2 fully saturated rings. The lowest BCUT2D eigenvalue weighted by Gasteiger charge is -2.24. The minimum atomic E-state index is -3.60. The molecule has 1 aliphatic carbocycles. The summed E-state index contributed by atoms with van der Waals surface area (Å²) in [6, 6.07) is 4.93. The van der Waals surface area contributed by atoms with E-state index in [1.54, 1.807) is 6.07 Å². The number of benzene rings is 1. The molecule has 4 rings (SSSR count). The maximum absolute atomic E-state index is 13.1. The molecule has 23 heavy (non-hydrogen) atoms. The van der Waals surface area contributed by atoms with Gasteiger partial charge in [0.2, 0.25) is 10.0 Å². The fraction of sp³-hybridized carbons (Fsp3) is 0.588. The molecule has 3 unspecified atom stereocenters. The third kappa shape index (κ3) is 2.31. The summed E-state index contributed by atoms with van der Waals surface area (Å²) in [5.41, 5.74) is 2.39. The van der Waals surface area contributed by atoms with Crippen LogP contribution in [0.5, 0.6) is 0 Å². The van der Waals surface area contributed by atoms with Gasteiger partial charge in [0.25, 0.3) is 0 Å². The second-order valence-corrected chi connectivity index (χ2v) is 8.79. The van der Waals surface area contributed by atoms with Gasteiger partial charge in [0.1, 0.15) is 0 Å². The first-order valence-corrected chi connectivity index (χ1v) is 9.80. The van der Waals surface area contributed by atoms with Crippen molar-refractivity contribution >= 4 is 16.0 Å². The summed E-state index contributed by atoms with van der Waals surface area (Å²) in [6.45, 7) is 0. The van der Waals surface area contributed by atoms with Crippen molar-refractivity contribution in [2.45, 2.75) is 61.9 Å². The molecule has 2 bridgehead atoms. The topological polar surface area (TPSA) is 74.7 Å². The molecule has 1 aromatic rings. The van der Waals surface area contributed by atoms with Crippen LogP contribution in [0, 0.1) is 5.92 Å². The van der Waals surface area contributed by atoms with Gasteiger partial charge in [0, 0.05) is 12.1 Å². The van der Waals surface area contributed by atoms with E-state index in [-0.39, 0.29) is 12.1 Å². The number of sulfonamides is 1. The molecule has 0 spiro atoms. The number of rotatable bonds is 3. The number of nitrogens with zero attached hydrogens (tertiary/aromatic N) is 1. The lowest BCUT2D eigenvalue weighted by molar-refractivity contribution is -0.142. The lowest BCUT2D eigenvalue weighted by Crippen LogP contribution is -2.37. The Labute approximate surface area is 136 Å². The largest absolute Gasteiger partial charge is 0.481 e. The summed E-state index contributed by atoms with van der Waals surface area (Å²) in [6.07, 6.45) is 6.10. The van der Waals surface area contributed by atoms with Crippen molar-refractivity contribution in [1.29, 1.82) is 0 Å². The van der Waals surface area contributed by atoms with Crippen LogP contribution in [0.1, 0.15) is 43.2 Å². The number of fused-ring (bicyclic) bond motifs is 3. The quantitative estimate of drug-likeness (QED) is 0.919. The predicted molar refractivity (Wildman–Crippen MR) is 84.7 cm³/mol. The Kier molecular flexibility index (Phi) is 3.50. The van der Waals surface area contributed by atoms with Gasteiger partial charge in [-0.1, -0.05) is 6.07 Å². The molecule has 1 aromatic carbocycles. The number of aryl methyl sites for hydroxylation is 2. The lowest BCUT2D eigenvalue weighted by atomic mass is 9.89. The number of hydrogen-bond acceptors (Lipinski definition) is 3. The van der Waals surface area contributed by atoms with Gasteiger partial charge in [-0.15, -0.1) is 0 Å². The maximum atomic E-state index is 13.1. The van der Waals surface area contributed by atoms with Crippen molar-refractivity contribution in [1.82, 2.24) is 4.31 Å². The van der Waals surface area contributed by atoms with Gasteiger partial charge in [-0.05, 0) is 68.2 Å². The molecule has 3 aliphatic rings. The Morgan fingerprint density at radius 3 is 2.57 bits per heavy atom. The molecule has 0 saturated carbocycles. The first-order valence-electron chi connectivity index (χ1n) is 8.36. The molecule has 2 aliphatic heterocycles. The van der Waals surface area contributed by atoms with Gasteiger partial charge >= 0.3 is 5.97 Å². The molecule has 3 atom stereocenters. The highest BCUT2D eigenvalue weighted by atomic mass is 32.2. The van der Waals surface area contributed by atoms with Gasteiger partial charge in [-0.2, -0.15) is 4.31 Å². The number of hydrogen-bond donors (Lipinski definition) is 1. The summed E-state index contributed by atoms with van der Waals surface area (Å²) in [5.74, 6) is -1.43. The minimum Gasteiger partial charge on any atom is -0.481 e. The normalized spacial score (nSPS) is 30.3. The molecule has 6 heteroatoms. The van der Waals surface area contributed by atoms with E-state index in [4.69, 9.17) is 0 Å². The SMILES string of the molecule is O=C(O)C1CC2CCC1N2S(=O)(=O)c1ccc2c(c1)CCCC2. The van der Waals surface area contributed by atoms with Crippen molar-refractivity contribution in [2.24, 2.45) is 5.92 Å². The van der Waals surface area contributed by atoms with Crippen LogP contribution >= 0.6 is 0 Å². The van der Waals surface area contributed by atoms with Crippen LogP contribution < -0.4 is 0 Å². The zero-order chi connectivity index (χ0) is 16.2. The average molecular weight is 335 g/mol. The first kappa shape index (κ1) is 15.1. The summed E-state index contributed by atoms with van der Waals surface area (Å²) < 4.78 is 27.7. The maximum Gasteiger partial charge on any atom is 0.308 e. The molecule has 2 saturated heterocycles. The molecule has 5 nitrogen and oxygen atoms in total. The van der Waals surface area contributed by atoms with Crippen molar-refractivity contribution < 1.29 is 18.3 Å². The van der Waals surface area contributed by atoms with E-state index in [1.807, 2.05) is 12.1 Å². The van der Waals surface area contributed by atoms with Gasteiger partial charge in [-0.25, -0.2) is 8.42 Å². The van der Waals surface area contributed by atoms with E-state index in [0.29, 0.717) is 17.7 Å². The second-order valence-electron chi connectivity index (χ2n) is 6.95. The van der Waals surface area contributed by atoms with Crippen molar-refractivity contribution in [3.05, 3.63) is 29.3 Å². The number of carboxylic acids is 1. The van der Waals surface area contributed by atoms with Crippen molar-refractivity contribution in [3.63, 3.8) is 0 Å². The molecular formula is C17H21NO4S. The zero-order valence-corrected chi connectivity index (χ0v) is 13.8. The van der Waals surface area contributed by atoms with Gasteiger partial charge in [-0.3, -0.25) is 4.79 Å². The van der Waals surface area contributed by atoms with Gasteiger partial charge in [0.15, 0.2) is 0 Å².